The number of amides is 3. The number of imide groups is 1. The van der Waals surface area contributed by atoms with Crippen molar-refractivity contribution in [3.63, 3.8) is 0 Å². The maximum atomic E-state index is 13.2. The summed E-state index contributed by atoms with van der Waals surface area (Å²) in [4.78, 5) is 31.1. The third-order valence-electron chi connectivity index (χ3n) is 6.63. The van der Waals surface area contributed by atoms with Crippen molar-refractivity contribution in [2.45, 2.75) is 12.1 Å². The van der Waals surface area contributed by atoms with Crippen LogP contribution in [-0.2, 0) is 23.9 Å². The Labute approximate surface area is 215 Å². The zero-order chi connectivity index (χ0) is 26.4. The number of ether oxygens (including phenoxy) is 1. The van der Waals surface area contributed by atoms with Crippen LogP contribution in [0.15, 0.2) is 67.1 Å². The van der Waals surface area contributed by atoms with Gasteiger partial charge in [0.05, 0.1) is 20.7 Å². The topological polar surface area (TPSA) is 149 Å². The summed E-state index contributed by atoms with van der Waals surface area (Å²) in [5, 5.41) is 29.5. The van der Waals surface area contributed by atoms with Crippen LogP contribution in [0.3, 0.4) is 0 Å². The zero-order valence-electron chi connectivity index (χ0n) is 20.4. The van der Waals surface area contributed by atoms with Crippen LogP contribution in [0, 0.1) is 0 Å². The van der Waals surface area contributed by atoms with E-state index in [1.807, 2.05) is 24.3 Å². The molecule has 190 valence electrons. The van der Waals surface area contributed by atoms with Gasteiger partial charge in [0, 0.05) is 40.5 Å². The number of hydrogen-bond donors (Lipinski definition) is 3. The van der Waals surface area contributed by atoms with Crippen molar-refractivity contribution in [3.8, 4) is 34.1 Å². The van der Waals surface area contributed by atoms with Crippen LogP contribution in [0.4, 0.5) is 4.79 Å². The van der Waals surface area contributed by atoms with Gasteiger partial charge in [-0.2, -0.15) is 4.80 Å². The molecule has 1 aliphatic heterocycles. The largest absolute Gasteiger partial charge is 0.497 e. The van der Waals surface area contributed by atoms with Crippen LogP contribution in [0.2, 0.25) is 0 Å². The van der Waals surface area contributed by atoms with Gasteiger partial charge in [0.2, 0.25) is 5.82 Å². The SMILES string of the molecule is COc1ccc2cn(C[C@@]3(c4ccc(-c5cncc(-c6nnn(C)n6)c5)cc4)NC(=O)NC3=O)c(O)c2c1. The highest BCUT2D eigenvalue weighted by Crippen LogP contribution is 2.35. The minimum absolute atomic E-state index is 0.0257. The highest BCUT2D eigenvalue weighted by molar-refractivity contribution is 6.07. The first-order valence-electron chi connectivity index (χ1n) is 11.7. The molecule has 0 saturated carbocycles. The minimum atomic E-state index is -1.43. The third kappa shape index (κ3) is 3.79. The second-order valence-electron chi connectivity index (χ2n) is 8.99. The molecule has 38 heavy (non-hydrogen) atoms. The highest BCUT2D eigenvalue weighted by atomic mass is 16.5. The molecule has 0 radical (unpaired) electrons. The number of carbonyl (C=O) groups is 2. The second-order valence-corrected chi connectivity index (χ2v) is 8.99. The van der Waals surface area contributed by atoms with Crippen molar-refractivity contribution < 1.29 is 19.4 Å². The monoisotopic (exact) mass is 510 g/mol. The molecular weight excluding hydrogens is 488 g/mol. The van der Waals surface area contributed by atoms with Crippen LogP contribution in [-0.4, -0.2) is 53.9 Å². The molecule has 1 aliphatic rings. The Kier molecular flexibility index (Phi) is 5.30. The van der Waals surface area contributed by atoms with Crippen molar-refractivity contribution >= 4 is 22.7 Å². The van der Waals surface area contributed by atoms with E-state index in [9.17, 15) is 14.7 Å². The molecule has 2 aromatic carbocycles. The number of nitrogens with one attached hydrogen (secondary N) is 2. The number of rotatable bonds is 6. The van der Waals surface area contributed by atoms with E-state index in [1.165, 1.54) is 4.80 Å². The van der Waals surface area contributed by atoms with Crippen LogP contribution in [0.25, 0.3) is 33.3 Å². The van der Waals surface area contributed by atoms with Crippen LogP contribution in [0.5, 0.6) is 11.6 Å². The molecule has 6 rings (SSSR count). The van der Waals surface area contributed by atoms with Crippen molar-refractivity contribution in [1.82, 2.24) is 40.4 Å². The summed E-state index contributed by atoms with van der Waals surface area (Å²) in [7, 11) is 3.23. The fourth-order valence-electron chi connectivity index (χ4n) is 4.69. The van der Waals surface area contributed by atoms with Crippen LogP contribution in [0.1, 0.15) is 5.56 Å². The van der Waals surface area contributed by atoms with Gasteiger partial charge >= 0.3 is 6.03 Å². The first-order valence-corrected chi connectivity index (χ1v) is 11.7. The maximum absolute atomic E-state index is 13.2. The molecule has 1 saturated heterocycles. The molecule has 0 bridgehead atoms. The molecule has 1 fully saturated rings. The van der Waals surface area contributed by atoms with E-state index in [4.69, 9.17) is 4.74 Å². The van der Waals surface area contributed by atoms with Gasteiger partial charge in [0.25, 0.3) is 5.91 Å². The molecule has 1 atom stereocenters. The smallest absolute Gasteiger partial charge is 0.322 e. The lowest BCUT2D eigenvalue weighted by Gasteiger charge is -2.27. The molecule has 5 aromatic rings. The van der Waals surface area contributed by atoms with Crippen molar-refractivity contribution in [1.29, 1.82) is 0 Å². The summed E-state index contributed by atoms with van der Waals surface area (Å²) < 4.78 is 6.81. The van der Waals surface area contributed by atoms with Crippen LogP contribution < -0.4 is 15.4 Å². The molecule has 3 N–H and O–H groups in total. The summed E-state index contributed by atoms with van der Waals surface area (Å²) >= 11 is 0. The number of aromatic nitrogens is 6. The van der Waals surface area contributed by atoms with Gasteiger partial charge in [0.15, 0.2) is 11.4 Å². The average Bonchev–Trinajstić information content (AvgIpc) is 3.59. The zero-order valence-corrected chi connectivity index (χ0v) is 20.4. The van der Waals surface area contributed by atoms with E-state index in [2.05, 4.69) is 31.0 Å². The second kappa shape index (κ2) is 8.69. The van der Waals surface area contributed by atoms with Gasteiger partial charge in [-0.3, -0.25) is 15.1 Å². The Morgan fingerprint density at radius 2 is 1.82 bits per heavy atom. The molecule has 12 heteroatoms. The molecule has 3 amide bonds. The first-order chi connectivity index (χ1) is 18.4. The van der Waals surface area contributed by atoms with E-state index in [0.29, 0.717) is 28.1 Å². The molecule has 0 spiro atoms. The van der Waals surface area contributed by atoms with E-state index < -0.39 is 17.5 Å². The number of urea groups is 1. The van der Waals surface area contributed by atoms with Crippen molar-refractivity contribution in [3.05, 3.63) is 72.7 Å². The lowest BCUT2D eigenvalue weighted by atomic mass is 9.88. The Bertz CT molecular complexity index is 1710. The lowest BCUT2D eigenvalue weighted by Crippen LogP contribution is -2.47. The van der Waals surface area contributed by atoms with Crippen LogP contribution >= 0.6 is 0 Å². The average molecular weight is 511 g/mol. The molecule has 12 nitrogen and oxygen atoms in total. The predicted octanol–water partition coefficient (Wildman–Crippen LogP) is 2.34. The molecule has 0 unspecified atom stereocenters. The van der Waals surface area contributed by atoms with E-state index >= 15 is 0 Å². The quantitative estimate of drug-likeness (QED) is 0.295. The summed E-state index contributed by atoms with van der Waals surface area (Å²) in [6.45, 7) is -0.0257. The molecule has 4 heterocycles. The molecule has 0 aliphatic carbocycles. The lowest BCUT2D eigenvalue weighted by molar-refractivity contribution is -0.124. The Balaban J connectivity index is 1.36. The summed E-state index contributed by atoms with van der Waals surface area (Å²) in [5.41, 5.74) is 1.49. The summed E-state index contributed by atoms with van der Waals surface area (Å²) in [6, 6.07) is 13.9. The Morgan fingerprint density at radius 3 is 2.50 bits per heavy atom. The number of benzene rings is 2. The maximum Gasteiger partial charge on any atom is 0.322 e. The summed E-state index contributed by atoms with van der Waals surface area (Å²) in [5.74, 6) is 0.502. The number of aromatic hydroxyl groups is 1. The predicted molar refractivity (Wildman–Crippen MR) is 136 cm³/mol. The first kappa shape index (κ1) is 23.2. The van der Waals surface area contributed by atoms with Gasteiger partial charge in [-0.1, -0.05) is 24.3 Å². The standard InChI is InChI=1S/C26H22N8O4/c1-33-31-22(30-32-33)18-9-17(11-27-12-18)15-3-6-19(7-4-15)26(24(36)28-25(37)29-26)14-34-13-16-5-8-20(38-2)10-21(16)23(34)35/h3-13,35H,14H2,1-2H3,(H2,28,29,36,37)/t26-/m0/s1. The number of pyridine rings is 1. The molecular formula is C26H22N8O4. The number of hydrogen-bond acceptors (Lipinski definition) is 8. The van der Waals surface area contributed by atoms with E-state index in [0.717, 1.165) is 16.5 Å². The number of tetrazole rings is 1. The number of aryl methyl sites for hydroxylation is 1. The van der Waals surface area contributed by atoms with Gasteiger partial charge in [-0.25, -0.2) is 4.79 Å². The summed E-state index contributed by atoms with van der Waals surface area (Å²) in [6.07, 6.45) is 5.10. The Hall–Kier alpha value is -5.26. The fourth-order valence-corrected chi connectivity index (χ4v) is 4.69. The number of fused-ring (bicyclic) bond motifs is 1. The van der Waals surface area contributed by atoms with Gasteiger partial charge in [-0.05, 0) is 40.6 Å². The minimum Gasteiger partial charge on any atom is -0.497 e. The highest BCUT2D eigenvalue weighted by Gasteiger charge is 2.48. The third-order valence-corrected chi connectivity index (χ3v) is 6.63. The fraction of sp³-hybridized carbons (Fsp3) is 0.154. The van der Waals surface area contributed by atoms with E-state index in [1.54, 1.807) is 61.6 Å². The number of nitrogens with zero attached hydrogens (tertiary/aromatic N) is 6. The normalized spacial score (nSPS) is 17.0. The van der Waals surface area contributed by atoms with Crippen molar-refractivity contribution in [2.24, 2.45) is 7.05 Å². The number of carbonyl (C=O) groups excluding carboxylic acids is 2. The Morgan fingerprint density at radius 1 is 1.03 bits per heavy atom. The molecule has 3 aromatic heterocycles. The van der Waals surface area contributed by atoms with Gasteiger partial charge < -0.3 is 19.7 Å². The number of methoxy groups -OCH3 is 1. The van der Waals surface area contributed by atoms with E-state index in [-0.39, 0.29) is 12.4 Å². The van der Waals surface area contributed by atoms with Gasteiger partial charge in [0.1, 0.15) is 5.75 Å². The van der Waals surface area contributed by atoms with Gasteiger partial charge in [-0.15, -0.1) is 10.2 Å². The van der Waals surface area contributed by atoms with Crippen molar-refractivity contribution in [2.75, 3.05) is 7.11 Å².